The van der Waals surface area contributed by atoms with Crippen LogP contribution in [0.25, 0.3) is 0 Å². The Morgan fingerprint density at radius 3 is 1.62 bits per heavy atom. The van der Waals surface area contributed by atoms with Crippen molar-refractivity contribution in [3.8, 4) is 5.75 Å². The highest BCUT2D eigenvalue weighted by Crippen LogP contribution is 2.17. The highest BCUT2D eigenvalue weighted by molar-refractivity contribution is 5.88. The maximum Gasteiger partial charge on any atom is 0.317 e. The minimum atomic E-state index is -1.18. The van der Waals surface area contributed by atoms with Gasteiger partial charge in [-0.2, -0.15) is 0 Å². The number of ether oxygens (including phenoxy) is 1. The average molecular weight is 732 g/mol. The van der Waals surface area contributed by atoms with E-state index in [4.69, 9.17) is 4.74 Å². The molecule has 53 heavy (non-hydrogen) atoms. The molecule has 0 aliphatic carbocycles. The van der Waals surface area contributed by atoms with E-state index in [-0.39, 0.29) is 31.3 Å². The Hall–Kier alpha value is -5.14. The lowest BCUT2D eigenvalue weighted by atomic mass is 9.98. The van der Waals surface area contributed by atoms with Gasteiger partial charge in [0.25, 0.3) is 5.91 Å². The number of aliphatic hydroxyl groups is 1. The topological polar surface area (TPSA) is 156 Å². The number of carbonyl (C=O) groups excluding carboxylic acids is 4. The van der Waals surface area contributed by atoms with Gasteiger partial charge in [-0.3, -0.25) is 15.0 Å². The summed E-state index contributed by atoms with van der Waals surface area (Å²) in [5.74, 6) is -0.717. The third-order valence-electron chi connectivity index (χ3n) is 8.58. The fraction of sp³-hybridized carbons (Fsp3) is 0.450. The molecule has 4 atom stereocenters. The van der Waals surface area contributed by atoms with Crippen molar-refractivity contribution in [1.82, 2.24) is 36.2 Å². The summed E-state index contributed by atoms with van der Waals surface area (Å²) >= 11 is 0. The normalized spacial score (nSPS) is 13.4. The van der Waals surface area contributed by atoms with Crippen molar-refractivity contribution in [3.63, 3.8) is 0 Å². The Morgan fingerprint density at radius 2 is 1.13 bits per heavy atom. The molecule has 0 aromatic heterocycles. The highest BCUT2D eigenvalue weighted by Gasteiger charge is 2.32. The first kappa shape index (κ1) is 42.3. The van der Waals surface area contributed by atoms with E-state index < -0.39 is 48.1 Å². The van der Waals surface area contributed by atoms with Crippen molar-refractivity contribution in [2.75, 3.05) is 34.7 Å². The van der Waals surface area contributed by atoms with Crippen LogP contribution in [0.15, 0.2) is 84.9 Å². The van der Waals surface area contributed by atoms with E-state index in [1.54, 1.807) is 33.2 Å². The molecule has 3 aromatic carbocycles. The number of rotatable bonds is 18. The predicted octanol–water partition coefficient (Wildman–Crippen LogP) is 3.78. The monoisotopic (exact) mass is 731 g/mol. The van der Waals surface area contributed by atoms with E-state index in [9.17, 15) is 24.3 Å². The summed E-state index contributed by atoms with van der Waals surface area (Å²) in [7, 11) is 6.38. The molecule has 0 fully saturated rings. The third kappa shape index (κ3) is 14.1. The van der Waals surface area contributed by atoms with E-state index in [1.807, 2.05) is 113 Å². The lowest BCUT2D eigenvalue weighted by molar-refractivity contribution is -0.131. The van der Waals surface area contributed by atoms with Crippen LogP contribution in [0, 0.1) is 11.8 Å². The zero-order valence-corrected chi connectivity index (χ0v) is 32.2. The van der Waals surface area contributed by atoms with Crippen molar-refractivity contribution in [3.05, 3.63) is 102 Å². The van der Waals surface area contributed by atoms with E-state index in [2.05, 4.69) is 21.4 Å². The Labute approximate surface area is 314 Å². The number of nitrogens with one attached hydrogen (secondary N) is 4. The zero-order chi connectivity index (χ0) is 39.1. The Balaban J connectivity index is 1.89. The van der Waals surface area contributed by atoms with Gasteiger partial charge in [0.15, 0.2) is 0 Å². The second kappa shape index (κ2) is 20.8. The molecule has 6 amide bonds. The van der Waals surface area contributed by atoms with Crippen LogP contribution in [0.2, 0.25) is 0 Å². The van der Waals surface area contributed by atoms with E-state index >= 15 is 0 Å². The lowest BCUT2D eigenvalue weighted by Gasteiger charge is -2.33. The molecule has 288 valence electrons. The molecular weight excluding hydrogens is 674 g/mol. The number of urea groups is 2. The molecule has 0 radical (unpaired) electrons. The van der Waals surface area contributed by atoms with Gasteiger partial charge in [-0.1, -0.05) is 100 Å². The van der Waals surface area contributed by atoms with Crippen LogP contribution in [0.1, 0.15) is 44.4 Å². The smallest absolute Gasteiger partial charge is 0.317 e. The van der Waals surface area contributed by atoms with Crippen LogP contribution in [0.4, 0.5) is 9.59 Å². The Morgan fingerprint density at radius 1 is 0.642 bits per heavy atom. The molecular formula is C40H57N7O6. The van der Waals surface area contributed by atoms with E-state index in [1.165, 1.54) is 9.80 Å². The lowest BCUT2D eigenvalue weighted by Crippen LogP contribution is -2.59. The quantitative estimate of drug-likeness (QED) is 0.125. The molecule has 0 heterocycles. The number of hydrogen-bond donors (Lipinski definition) is 5. The van der Waals surface area contributed by atoms with Crippen molar-refractivity contribution >= 4 is 23.9 Å². The third-order valence-corrected chi connectivity index (χ3v) is 8.58. The minimum Gasteiger partial charge on any atom is -0.489 e. The largest absolute Gasteiger partial charge is 0.489 e. The second-order valence-corrected chi connectivity index (χ2v) is 14.3. The van der Waals surface area contributed by atoms with Gasteiger partial charge < -0.3 is 35.6 Å². The maximum absolute atomic E-state index is 13.8. The summed E-state index contributed by atoms with van der Waals surface area (Å²) in [5.41, 5.74) is 5.66. The molecule has 0 aliphatic rings. The van der Waals surface area contributed by atoms with E-state index in [0.717, 1.165) is 16.7 Å². The van der Waals surface area contributed by atoms with Crippen LogP contribution in [-0.2, 0) is 29.2 Å². The van der Waals surface area contributed by atoms with Crippen molar-refractivity contribution in [1.29, 1.82) is 0 Å². The predicted molar refractivity (Wildman–Crippen MR) is 206 cm³/mol. The summed E-state index contributed by atoms with van der Waals surface area (Å²) in [4.78, 5) is 55.3. The molecule has 0 saturated carbocycles. The van der Waals surface area contributed by atoms with Gasteiger partial charge in [-0.15, -0.1) is 0 Å². The summed E-state index contributed by atoms with van der Waals surface area (Å²) in [5, 5.41) is 22.0. The number of carbonyl (C=O) groups is 4. The van der Waals surface area contributed by atoms with Crippen molar-refractivity contribution in [2.24, 2.45) is 11.8 Å². The van der Waals surface area contributed by atoms with Crippen molar-refractivity contribution in [2.45, 2.75) is 71.5 Å². The van der Waals surface area contributed by atoms with Crippen LogP contribution in [0.3, 0.4) is 0 Å². The van der Waals surface area contributed by atoms with Gasteiger partial charge in [-0.25, -0.2) is 14.6 Å². The number of hydrogen-bond acceptors (Lipinski definition) is 7. The van der Waals surface area contributed by atoms with Gasteiger partial charge >= 0.3 is 12.1 Å². The first-order valence-electron chi connectivity index (χ1n) is 17.9. The second-order valence-electron chi connectivity index (χ2n) is 14.3. The first-order valence-corrected chi connectivity index (χ1v) is 17.9. The number of nitrogens with zero attached hydrogens (tertiary/aromatic N) is 3. The molecule has 3 aromatic rings. The minimum absolute atomic E-state index is 0.0847. The fourth-order valence-electron chi connectivity index (χ4n) is 5.40. The molecule has 13 heteroatoms. The summed E-state index contributed by atoms with van der Waals surface area (Å²) in [6.07, 6.45) is -0.901. The number of benzene rings is 3. The highest BCUT2D eigenvalue weighted by atomic mass is 16.5. The van der Waals surface area contributed by atoms with Crippen LogP contribution in [-0.4, -0.2) is 103 Å². The summed E-state index contributed by atoms with van der Waals surface area (Å²) in [6, 6.07) is 23.4. The summed E-state index contributed by atoms with van der Waals surface area (Å²) in [6.45, 7) is 7.84. The molecule has 0 spiro atoms. The van der Waals surface area contributed by atoms with Gasteiger partial charge in [0, 0.05) is 41.3 Å². The van der Waals surface area contributed by atoms with Gasteiger partial charge in [0.2, 0.25) is 5.91 Å². The standard InChI is InChI=1S/C40H57N7O6/c1-27(2)35(42-39(51)45(5)6)37(49)41-33(23-29-15-11-9-12-16-29)34(48)25-47(44-38(50)36(28(3)4)43-40(52)46(7)8)24-30-19-21-32(22-20-30)53-26-31-17-13-10-14-18-31/h9-22,27-28,33-36,48H,23-26H2,1-8H3,(H,41,49)(H,42,51)(H,43,52)(H,44,50)/t33?,34?,35-,36-/m0/s1. The molecule has 2 unspecified atom stereocenters. The fourth-order valence-corrected chi connectivity index (χ4v) is 5.40. The number of hydrazine groups is 1. The van der Waals surface area contributed by atoms with Crippen molar-refractivity contribution < 1.29 is 29.0 Å². The van der Waals surface area contributed by atoms with Gasteiger partial charge in [-0.05, 0) is 47.1 Å². The number of amides is 6. The molecule has 0 saturated heterocycles. The average Bonchev–Trinajstić information content (AvgIpc) is 3.12. The van der Waals surface area contributed by atoms with Gasteiger partial charge in [0.05, 0.1) is 12.1 Å². The molecule has 13 nitrogen and oxygen atoms in total. The zero-order valence-electron chi connectivity index (χ0n) is 32.2. The maximum atomic E-state index is 13.8. The molecule has 0 bridgehead atoms. The van der Waals surface area contributed by atoms with Crippen LogP contribution in [0.5, 0.6) is 5.75 Å². The first-order chi connectivity index (χ1) is 25.1. The SMILES string of the molecule is CC(C)[C@H](NC(=O)N(C)C)C(=O)NC(Cc1ccccc1)C(O)CN(Cc1ccc(OCc2ccccc2)cc1)NC(=O)[C@@H](NC(=O)N(C)C)C(C)C. The molecule has 5 N–H and O–H groups in total. The molecule has 0 aliphatic heterocycles. The van der Waals surface area contributed by atoms with Gasteiger partial charge in [0.1, 0.15) is 24.4 Å². The number of aliphatic hydroxyl groups excluding tert-OH is 1. The Bertz CT molecular complexity index is 1590. The summed E-state index contributed by atoms with van der Waals surface area (Å²) < 4.78 is 5.96. The Kier molecular flexibility index (Phi) is 16.6. The van der Waals surface area contributed by atoms with Crippen LogP contribution >= 0.6 is 0 Å². The van der Waals surface area contributed by atoms with E-state index in [0.29, 0.717) is 12.4 Å². The van der Waals surface area contributed by atoms with Crippen LogP contribution < -0.4 is 26.1 Å². The molecule has 3 rings (SSSR count).